The lowest BCUT2D eigenvalue weighted by Gasteiger charge is -2.26. The van der Waals surface area contributed by atoms with Crippen LogP contribution in [0.25, 0.3) is 0 Å². The predicted molar refractivity (Wildman–Crippen MR) is 266 cm³/mol. The van der Waals surface area contributed by atoms with Crippen LogP contribution in [0, 0.1) is 0 Å². The van der Waals surface area contributed by atoms with Crippen LogP contribution in [0.3, 0.4) is 0 Å². The summed E-state index contributed by atoms with van der Waals surface area (Å²) in [5.41, 5.74) is 8.23. The third-order valence-electron chi connectivity index (χ3n) is 12.8. The highest BCUT2D eigenvalue weighted by Gasteiger charge is 2.38. The molecule has 0 aliphatic carbocycles. The number of fused-ring (bicyclic) bond motifs is 8. The summed E-state index contributed by atoms with van der Waals surface area (Å²) in [6.07, 6.45) is 5.78. The lowest BCUT2D eigenvalue weighted by molar-refractivity contribution is -0.140. The van der Waals surface area contributed by atoms with Crippen LogP contribution < -0.4 is 33.6 Å². The van der Waals surface area contributed by atoms with E-state index in [2.05, 4.69) is 4.90 Å². The van der Waals surface area contributed by atoms with Crippen LogP contribution in [-0.4, -0.2) is 117 Å². The van der Waals surface area contributed by atoms with E-state index in [0.29, 0.717) is 111 Å². The van der Waals surface area contributed by atoms with Crippen LogP contribution >= 0.6 is 0 Å². The van der Waals surface area contributed by atoms with Gasteiger partial charge in [-0.15, -0.1) is 0 Å². The van der Waals surface area contributed by atoms with E-state index >= 15 is 0 Å². The molecule has 4 heterocycles. The van der Waals surface area contributed by atoms with Crippen molar-refractivity contribution in [1.29, 1.82) is 0 Å². The molecule has 4 aliphatic heterocycles. The smallest absolute Gasteiger partial charge is 0.305 e. The largest absolute Gasteiger partial charge is 0.493 e. The Kier molecular flexibility index (Phi) is 15.0. The van der Waals surface area contributed by atoms with Gasteiger partial charge >= 0.3 is 5.97 Å². The number of nitrogens with zero attached hydrogens (tertiary/aromatic N) is 5. The molecule has 2 atom stereocenters. The molecule has 0 N–H and O–H groups in total. The van der Waals surface area contributed by atoms with Gasteiger partial charge in [-0.2, -0.15) is 0 Å². The molecule has 9 rings (SSSR count). The predicted octanol–water partition coefficient (Wildman–Crippen LogP) is 7.88. The van der Waals surface area contributed by atoms with Gasteiger partial charge in [0.15, 0.2) is 23.0 Å². The Labute approximate surface area is 407 Å². The summed E-state index contributed by atoms with van der Waals surface area (Å²) in [4.78, 5) is 55.8. The highest BCUT2D eigenvalue weighted by atomic mass is 16.5. The molecule has 16 nitrogen and oxygen atoms in total. The summed E-state index contributed by atoms with van der Waals surface area (Å²) in [6.45, 7) is 3.46. The van der Waals surface area contributed by atoms with Crippen LogP contribution in [0.15, 0.2) is 101 Å². The number of hydrogen-bond acceptors (Lipinski definition) is 14. The maximum Gasteiger partial charge on any atom is 0.305 e. The number of amides is 2. The Hall–Kier alpha value is -7.27. The molecule has 70 heavy (non-hydrogen) atoms. The lowest BCUT2D eigenvalue weighted by atomic mass is 10.1. The number of ether oxygens (including phenoxy) is 8. The van der Waals surface area contributed by atoms with Gasteiger partial charge in [0.05, 0.1) is 88.9 Å². The Morgan fingerprint density at radius 3 is 1.64 bits per heavy atom. The lowest BCUT2D eigenvalue weighted by Crippen LogP contribution is -2.37. The summed E-state index contributed by atoms with van der Waals surface area (Å²) in [7, 11) is 6.10. The van der Waals surface area contributed by atoms with Crippen LogP contribution in [0.5, 0.6) is 23.0 Å². The van der Waals surface area contributed by atoms with Crippen molar-refractivity contribution < 1.29 is 52.3 Å². The molecule has 4 aliphatic rings. The molecule has 0 unspecified atom stereocenters. The van der Waals surface area contributed by atoms with E-state index in [1.54, 1.807) is 55.4 Å². The summed E-state index contributed by atoms with van der Waals surface area (Å²) in [5, 5.41) is 0. The summed E-state index contributed by atoms with van der Waals surface area (Å²) in [6, 6.07) is 28.4. The monoisotopic (exact) mass is 951 g/mol. The summed E-state index contributed by atoms with van der Waals surface area (Å²) >= 11 is 0. The van der Waals surface area contributed by atoms with Crippen LogP contribution in [0.1, 0.15) is 55.8 Å². The fourth-order valence-corrected chi connectivity index (χ4v) is 9.32. The Balaban J connectivity index is 0.991. The number of aliphatic imine (C=N–C) groups is 2. The molecule has 0 fully saturated rings. The first-order valence-electron chi connectivity index (χ1n) is 23.5. The number of para-hydroxylation sites is 2. The molecule has 5 aromatic carbocycles. The van der Waals surface area contributed by atoms with E-state index in [-0.39, 0.29) is 49.5 Å². The topological polar surface area (TPSA) is 159 Å². The maximum absolute atomic E-state index is 14.1. The fourth-order valence-electron chi connectivity index (χ4n) is 9.32. The van der Waals surface area contributed by atoms with Gasteiger partial charge in [0.25, 0.3) is 11.8 Å². The van der Waals surface area contributed by atoms with Crippen LogP contribution in [0.2, 0.25) is 0 Å². The van der Waals surface area contributed by atoms with Crippen LogP contribution in [-0.2, 0) is 49.8 Å². The van der Waals surface area contributed by atoms with E-state index in [9.17, 15) is 14.4 Å². The average Bonchev–Trinajstić information content (AvgIpc) is 3.88. The van der Waals surface area contributed by atoms with Gasteiger partial charge in [0, 0.05) is 81.1 Å². The molecule has 0 saturated carbocycles. The van der Waals surface area contributed by atoms with E-state index < -0.39 is 0 Å². The SMILES string of the molecule is COCCOCCOCCN(CCCC(=O)OC)c1cc(COc2cc3c(cc2OC)C(=O)N2c4ccccc4C[C@H]2C=N3)cc(COc2cc3c(cc2OC)C(=O)N2c4ccccc4C[C@H]2C=N3)c1. The highest BCUT2D eigenvalue weighted by Crippen LogP contribution is 2.43. The molecule has 0 radical (unpaired) electrons. The normalized spacial score (nSPS) is 16.1. The average molecular weight is 952 g/mol. The van der Waals surface area contributed by atoms with Gasteiger partial charge < -0.3 is 42.8 Å². The number of esters is 1. The van der Waals surface area contributed by atoms with Crippen molar-refractivity contribution in [2.75, 3.05) is 89.3 Å². The second kappa shape index (κ2) is 22.0. The van der Waals surface area contributed by atoms with E-state index in [4.69, 9.17) is 47.9 Å². The molecule has 5 aromatic rings. The Morgan fingerprint density at radius 1 is 0.614 bits per heavy atom. The molecular formula is C54H57N5O11. The van der Waals surface area contributed by atoms with Crippen molar-refractivity contribution in [1.82, 2.24) is 0 Å². The van der Waals surface area contributed by atoms with Gasteiger partial charge in [-0.1, -0.05) is 36.4 Å². The third-order valence-corrected chi connectivity index (χ3v) is 12.8. The number of anilines is 3. The van der Waals surface area contributed by atoms with Crippen molar-refractivity contribution in [2.24, 2.45) is 9.98 Å². The number of carbonyl (C=O) groups is 3. The zero-order valence-corrected chi connectivity index (χ0v) is 39.9. The van der Waals surface area contributed by atoms with Gasteiger partial charge in [0.1, 0.15) is 13.2 Å². The number of rotatable bonds is 22. The first-order valence-corrected chi connectivity index (χ1v) is 23.5. The van der Waals surface area contributed by atoms with Crippen molar-refractivity contribution in [3.05, 3.63) is 124 Å². The molecule has 364 valence electrons. The number of benzene rings is 5. The molecule has 0 saturated heterocycles. The Bertz CT molecular complexity index is 2630. The highest BCUT2D eigenvalue weighted by molar-refractivity contribution is 6.16. The van der Waals surface area contributed by atoms with Crippen molar-refractivity contribution in [2.45, 2.75) is 51.0 Å². The molecular weight excluding hydrogens is 895 g/mol. The van der Waals surface area contributed by atoms with E-state index in [1.807, 2.05) is 79.2 Å². The van der Waals surface area contributed by atoms with Gasteiger partial charge in [-0.3, -0.25) is 34.2 Å². The Morgan fingerprint density at radius 2 is 1.13 bits per heavy atom. The number of hydrogen-bond donors (Lipinski definition) is 0. The fraction of sp³-hybridized carbons (Fsp3) is 0.352. The van der Waals surface area contributed by atoms with Gasteiger partial charge in [-0.05, 0) is 71.1 Å². The van der Waals surface area contributed by atoms with Crippen LogP contribution in [0.4, 0.5) is 28.4 Å². The minimum absolute atomic E-state index is 0.112. The molecule has 0 spiro atoms. The zero-order chi connectivity index (χ0) is 48.6. The third kappa shape index (κ3) is 10.3. The molecule has 0 bridgehead atoms. The van der Waals surface area contributed by atoms with Crippen molar-refractivity contribution in [3.63, 3.8) is 0 Å². The quantitative estimate of drug-likeness (QED) is 0.0489. The zero-order valence-electron chi connectivity index (χ0n) is 39.9. The second-order valence-corrected chi connectivity index (χ2v) is 17.2. The second-order valence-electron chi connectivity index (χ2n) is 17.2. The van der Waals surface area contributed by atoms with Crippen molar-refractivity contribution in [3.8, 4) is 23.0 Å². The molecule has 0 aromatic heterocycles. The summed E-state index contributed by atoms with van der Waals surface area (Å²) in [5.74, 6) is 1.01. The number of carbonyl (C=O) groups excluding carboxylic acids is 3. The molecule has 16 heteroatoms. The van der Waals surface area contributed by atoms with E-state index in [1.165, 1.54) is 7.11 Å². The minimum atomic E-state index is -0.294. The standard InChI is InChI=1S/C54H57N5O11/c1-63-18-19-68-21-20-67-17-16-57(15-9-14-52(60)66-4)39-23-35(33-69-50-29-44-42(27-48(50)64-2)53(61)58-40(31-55-44)25-37-10-5-7-12-46(37)58)22-36(24-39)34-70-51-30-45-43(28-49(51)65-3)54(62)59-41(32-56-45)26-38-11-6-8-13-47(38)59/h5-8,10-13,22-24,27-32,40-41H,9,14-21,25-26,33-34H2,1-4H3/t40-,41-/m0/s1. The van der Waals surface area contributed by atoms with E-state index in [0.717, 1.165) is 39.3 Å². The summed E-state index contributed by atoms with van der Waals surface area (Å²) < 4.78 is 46.4. The molecule has 2 amide bonds. The van der Waals surface area contributed by atoms with Gasteiger partial charge in [-0.25, -0.2) is 0 Å². The first-order chi connectivity index (χ1) is 34.3. The maximum atomic E-state index is 14.1. The number of methoxy groups -OCH3 is 4. The van der Waals surface area contributed by atoms with Gasteiger partial charge in [0.2, 0.25) is 0 Å². The van der Waals surface area contributed by atoms with Crippen molar-refractivity contribution >= 4 is 58.6 Å². The first kappa shape index (κ1) is 47.8. The minimum Gasteiger partial charge on any atom is -0.493 e.